The smallest absolute Gasteiger partial charge is 0.253 e. The molecule has 1 fully saturated rings. The van der Waals surface area contributed by atoms with Gasteiger partial charge in [-0.15, -0.1) is 11.3 Å². The number of carbonyl (C=O) groups is 1. The van der Waals surface area contributed by atoms with Crippen molar-refractivity contribution in [1.29, 1.82) is 0 Å². The number of rotatable bonds is 6. The van der Waals surface area contributed by atoms with Gasteiger partial charge in [-0.3, -0.25) is 4.79 Å². The van der Waals surface area contributed by atoms with Crippen molar-refractivity contribution in [2.24, 2.45) is 0 Å². The molecule has 0 aliphatic carbocycles. The van der Waals surface area contributed by atoms with E-state index in [0.717, 1.165) is 40.3 Å². The van der Waals surface area contributed by atoms with Gasteiger partial charge in [-0.05, 0) is 29.8 Å². The Hall–Kier alpha value is -3.76. The average Bonchev–Trinajstić information content (AvgIpc) is 3.32. The second kappa shape index (κ2) is 9.85. The van der Waals surface area contributed by atoms with Crippen LogP contribution in [0.4, 0.5) is 17.5 Å². The Morgan fingerprint density at radius 3 is 2.60 bits per heavy atom. The van der Waals surface area contributed by atoms with Crippen LogP contribution >= 0.6 is 11.3 Å². The molecule has 1 N–H and O–H groups in total. The molecule has 0 radical (unpaired) electrons. The molecule has 0 unspecified atom stereocenters. The summed E-state index contributed by atoms with van der Waals surface area (Å²) in [4.78, 5) is 29.9. The first-order valence-corrected chi connectivity index (χ1v) is 12.1. The van der Waals surface area contributed by atoms with Gasteiger partial charge in [0.25, 0.3) is 5.91 Å². The number of methoxy groups -OCH3 is 1. The number of hydrogen-bond acceptors (Lipinski definition) is 9. The van der Waals surface area contributed by atoms with Crippen LogP contribution in [0.2, 0.25) is 0 Å². The van der Waals surface area contributed by atoms with Gasteiger partial charge in [0.05, 0.1) is 36.7 Å². The summed E-state index contributed by atoms with van der Waals surface area (Å²) in [5, 5.41) is 5.31. The van der Waals surface area contributed by atoms with Gasteiger partial charge in [-0.1, -0.05) is 12.1 Å². The van der Waals surface area contributed by atoms with Gasteiger partial charge in [-0.25, -0.2) is 9.97 Å². The molecule has 1 saturated heterocycles. The zero-order valence-corrected chi connectivity index (χ0v) is 20.6. The molecular formula is C25H26N6O3S. The number of anilines is 3. The lowest BCUT2D eigenvalue weighted by Crippen LogP contribution is -2.36. The van der Waals surface area contributed by atoms with E-state index in [1.807, 2.05) is 42.6 Å². The summed E-state index contributed by atoms with van der Waals surface area (Å²) in [7, 11) is 5.09. The van der Waals surface area contributed by atoms with E-state index >= 15 is 0 Å². The highest BCUT2D eigenvalue weighted by Crippen LogP contribution is 2.34. The van der Waals surface area contributed by atoms with E-state index < -0.39 is 0 Å². The standard InChI is InChI=1S/C25H26N6O3S/c1-30(2)24(32)17-6-4-16(5-7-17)18-15-35-20-14-26-25(29-22(18)20)27-19-8-9-21(28-23(19)33-3)31-10-12-34-13-11-31/h4-9,14-15H,10-13H2,1-3H3,(H,26,27,29). The fraction of sp³-hybridized carbons (Fsp3) is 0.280. The van der Waals surface area contributed by atoms with Crippen LogP contribution in [0.15, 0.2) is 48.0 Å². The highest BCUT2D eigenvalue weighted by atomic mass is 32.1. The third-order valence-corrected chi connectivity index (χ3v) is 6.69. The van der Waals surface area contributed by atoms with E-state index in [2.05, 4.69) is 25.6 Å². The Kier molecular flexibility index (Phi) is 6.47. The predicted octanol–water partition coefficient (Wildman–Crippen LogP) is 4.04. The lowest BCUT2D eigenvalue weighted by molar-refractivity contribution is 0.0827. The Bertz CT molecular complexity index is 1350. The van der Waals surface area contributed by atoms with Gasteiger partial charge in [0, 0.05) is 43.7 Å². The molecule has 3 aromatic heterocycles. The molecule has 1 aliphatic rings. The number of pyridine rings is 1. The molecule has 0 saturated carbocycles. The third kappa shape index (κ3) is 4.75. The lowest BCUT2D eigenvalue weighted by atomic mass is 10.1. The molecule has 35 heavy (non-hydrogen) atoms. The van der Waals surface area contributed by atoms with Crippen LogP contribution in [-0.2, 0) is 4.74 Å². The van der Waals surface area contributed by atoms with E-state index in [4.69, 9.17) is 14.5 Å². The molecule has 10 heteroatoms. The summed E-state index contributed by atoms with van der Waals surface area (Å²) in [6.07, 6.45) is 1.81. The summed E-state index contributed by atoms with van der Waals surface area (Å²) >= 11 is 1.58. The molecule has 0 bridgehead atoms. The van der Waals surface area contributed by atoms with Crippen molar-refractivity contribution >= 4 is 44.9 Å². The van der Waals surface area contributed by atoms with Crippen LogP contribution in [0.1, 0.15) is 10.4 Å². The normalized spacial score (nSPS) is 13.6. The Balaban J connectivity index is 1.41. The highest BCUT2D eigenvalue weighted by Gasteiger charge is 2.17. The highest BCUT2D eigenvalue weighted by molar-refractivity contribution is 7.17. The SMILES string of the molecule is COc1nc(N2CCOCC2)ccc1Nc1ncc2scc(-c3ccc(C(=O)N(C)C)cc3)c2n1. The van der Waals surface area contributed by atoms with Gasteiger partial charge < -0.3 is 24.6 Å². The minimum atomic E-state index is -0.0252. The zero-order chi connectivity index (χ0) is 24.4. The van der Waals surface area contributed by atoms with E-state index in [0.29, 0.717) is 36.3 Å². The number of morpholine rings is 1. The minimum Gasteiger partial charge on any atom is -0.479 e. The summed E-state index contributed by atoms with van der Waals surface area (Å²) in [5.41, 5.74) is 4.16. The predicted molar refractivity (Wildman–Crippen MR) is 138 cm³/mol. The Morgan fingerprint density at radius 2 is 1.89 bits per heavy atom. The number of nitrogens with one attached hydrogen (secondary N) is 1. The van der Waals surface area contributed by atoms with Gasteiger partial charge >= 0.3 is 0 Å². The zero-order valence-electron chi connectivity index (χ0n) is 19.8. The number of benzene rings is 1. The number of ether oxygens (including phenoxy) is 2. The van der Waals surface area contributed by atoms with Crippen molar-refractivity contribution in [3.8, 4) is 17.0 Å². The van der Waals surface area contributed by atoms with E-state index in [9.17, 15) is 4.79 Å². The monoisotopic (exact) mass is 490 g/mol. The minimum absolute atomic E-state index is 0.0252. The van der Waals surface area contributed by atoms with Crippen LogP contribution < -0.4 is 15.0 Å². The van der Waals surface area contributed by atoms with Crippen molar-refractivity contribution in [3.05, 3.63) is 53.5 Å². The molecule has 0 spiro atoms. The molecule has 5 rings (SSSR count). The second-order valence-electron chi connectivity index (χ2n) is 8.28. The average molecular weight is 491 g/mol. The number of amides is 1. The maximum atomic E-state index is 12.2. The molecular weight excluding hydrogens is 464 g/mol. The third-order valence-electron chi connectivity index (χ3n) is 5.78. The van der Waals surface area contributed by atoms with Crippen molar-refractivity contribution in [2.75, 3.05) is 57.7 Å². The molecule has 0 atom stereocenters. The van der Waals surface area contributed by atoms with Gasteiger partial charge in [0.15, 0.2) is 0 Å². The number of carbonyl (C=O) groups excluding carboxylic acids is 1. The Labute approximate surface area is 207 Å². The van der Waals surface area contributed by atoms with Crippen LogP contribution in [-0.4, -0.2) is 73.3 Å². The first-order valence-electron chi connectivity index (χ1n) is 11.2. The number of hydrogen-bond donors (Lipinski definition) is 1. The van der Waals surface area contributed by atoms with Gasteiger partial charge in [-0.2, -0.15) is 4.98 Å². The number of fused-ring (bicyclic) bond motifs is 1. The van der Waals surface area contributed by atoms with E-state index in [-0.39, 0.29) is 5.91 Å². The molecule has 4 heterocycles. The van der Waals surface area contributed by atoms with Gasteiger partial charge in [0.2, 0.25) is 11.8 Å². The quantitative estimate of drug-likeness (QED) is 0.433. The Morgan fingerprint density at radius 1 is 1.11 bits per heavy atom. The van der Waals surface area contributed by atoms with Crippen molar-refractivity contribution < 1.29 is 14.3 Å². The van der Waals surface area contributed by atoms with Crippen LogP contribution in [0, 0.1) is 0 Å². The summed E-state index contributed by atoms with van der Waals surface area (Å²) in [6.45, 7) is 2.98. The van der Waals surface area contributed by atoms with Crippen LogP contribution in [0.5, 0.6) is 5.88 Å². The molecule has 1 aromatic carbocycles. The molecule has 1 aliphatic heterocycles. The summed E-state index contributed by atoms with van der Waals surface area (Å²) < 4.78 is 12.0. The molecule has 9 nitrogen and oxygen atoms in total. The topological polar surface area (TPSA) is 92.7 Å². The second-order valence-corrected chi connectivity index (χ2v) is 9.19. The van der Waals surface area contributed by atoms with E-state index in [1.54, 1.807) is 37.4 Å². The first-order chi connectivity index (χ1) is 17.0. The number of aromatic nitrogens is 3. The van der Waals surface area contributed by atoms with Crippen molar-refractivity contribution in [2.45, 2.75) is 0 Å². The lowest BCUT2D eigenvalue weighted by Gasteiger charge is -2.28. The summed E-state index contributed by atoms with van der Waals surface area (Å²) in [5.74, 6) is 1.76. The van der Waals surface area contributed by atoms with Crippen molar-refractivity contribution in [3.63, 3.8) is 0 Å². The molecule has 4 aromatic rings. The maximum absolute atomic E-state index is 12.2. The fourth-order valence-electron chi connectivity index (χ4n) is 3.91. The maximum Gasteiger partial charge on any atom is 0.253 e. The first kappa shape index (κ1) is 23.0. The van der Waals surface area contributed by atoms with Gasteiger partial charge in [0.1, 0.15) is 11.5 Å². The summed E-state index contributed by atoms with van der Waals surface area (Å²) in [6, 6.07) is 11.5. The van der Waals surface area contributed by atoms with E-state index in [1.165, 1.54) is 0 Å². The molecule has 180 valence electrons. The van der Waals surface area contributed by atoms with Crippen LogP contribution in [0.25, 0.3) is 21.3 Å². The van der Waals surface area contributed by atoms with Crippen molar-refractivity contribution in [1.82, 2.24) is 19.9 Å². The number of nitrogens with zero attached hydrogens (tertiary/aromatic N) is 5. The fourth-order valence-corrected chi connectivity index (χ4v) is 4.79. The number of thiophene rings is 1. The van der Waals surface area contributed by atoms with Crippen LogP contribution in [0.3, 0.4) is 0 Å². The largest absolute Gasteiger partial charge is 0.479 e. The molecule has 1 amide bonds.